The molecular formula is C16H24N6. The van der Waals surface area contributed by atoms with E-state index in [1.807, 2.05) is 12.3 Å². The average Bonchev–Trinajstić information content (AvgIpc) is 2.82. The summed E-state index contributed by atoms with van der Waals surface area (Å²) < 4.78 is 2.38. The van der Waals surface area contributed by atoms with Crippen molar-refractivity contribution in [3.8, 4) is 0 Å². The highest BCUT2D eigenvalue weighted by Gasteiger charge is 2.19. The van der Waals surface area contributed by atoms with Gasteiger partial charge < -0.3 is 9.47 Å². The molecule has 0 aromatic carbocycles. The zero-order chi connectivity index (χ0) is 15.4. The van der Waals surface area contributed by atoms with Crippen molar-refractivity contribution in [2.75, 3.05) is 31.1 Å². The maximum absolute atomic E-state index is 4.64. The zero-order valence-corrected chi connectivity index (χ0v) is 13.4. The van der Waals surface area contributed by atoms with Crippen molar-refractivity contribution in [1.29, 1.82) is 0 Å². The lowest BCUT2D eigenvalue weighted by Crippen LogP contribution is -2.29. The van der Waals surface area contributed by atoms with Crippen LogP contribution < -0.4 is 4.90 Å². The summed E-state index contributed by atoms with van der Waals surface area (Å²) in [5.74, 6) is 2.00. The van der Waals surface area contributed by atoms with Gasteiger partial charge >= 0.3 is 0 Å². The SMILES string of the molecule is CCN(CC)Cc1cnc2n1CCN(c1ncccn1)CC2. The Morgan fingerprint density at radius 3 is 2.55 bits per heavy atom. The minimum atomic E-state index is 0.818. The van der Waals surface area contributed by atoms with Gasteiger partial charge in [-0.05, 0) is 19.2 Å². The molecule has 0 spiro atoms. The first kappa shape index (κ1) is 15.0. The fraction of sp³-hybridized carbons (Fsp3) is 0.562. The van der Waals surface area contributed by atoms with Gasteiger partial charge in [-0.15, -0.1) is 0 Å². The number of aromatic nitrogens is 4. The van der Waals surface area contributed by atoms with Crippen LogP contribution in [0.25, 0.3) is 0 Å². The van der Waals surface area contributed by atoms with Crippen LogP contribution in [0, 0.1) is 0 Å². The maximum atomic E-state index is 4.64. The number of anilines is 1. The molecule has 0 amide bonds. The van der Waals surface area contributed by atoms with Crippen LogP contribution in [0.15, 0.2) is 24.7 Å². The minimum absolute atomic E-state index is 0.818. The summed E-state index contributed by atoms with van der Waals surface area (Å²) in [5.41, 5.74) is 1.31. The highest BCUT2D eigenvalue weighted by atomic mass is 15.3. The van der Waals surface area contributed by atoms with E-state index in [1.54, 1.807) is 12.4 Å². The van der Waals surface area contributed by atoms with Gasteiger partial charge in [-0.1, -0.05) is 13.8 Å². The molecule has 0 radical (unpaired) electrons. The molecule has 3 heterocycles. The minimum Gasteiger partial charge on any atom is -0.339 e. The number of rotatable bonds is 5. The monoisotopic (exact) mass is 300 g/mol. The second-order valence-electron chi connectivity index (χ2n) is 5.56. The van der Waals surface area contributed by atoms with Crippen molar-refractivity contribution in [2.24, 2.45) is 0 Å². The van der Waals surface area contributed by atoms with Crippen molar-refractivity contribution >= 4 is 5.95 Å². The lowest BCUT2D eigenvalue weighted by atomic mass is 10.3. The second kappa shape index (κ2) is 6.87. The summed E-state index contributed by atoms with van der Waals surface area (Å²) in [6.45, 7) is 10.3. The highest BCUT2D eigenvalue weighted by molar-refractivity contribution is 5.29. The second-order valence-corrected chi connectivity index (χ2v) is 5.56. The van der Waals surface area contributed by atoms with Gasteiger partial charge in [0.15, 0.2) is 0 Å². The fourth-order valence-corrected chi connectivity index (χ4v) is 2.95. The Labute approximate surface area is 131 Å². The van der Waals surface area contributed by atoms with Crippen molar-refractivity contribution in [3.05, 3.63) is 36.2 Å². The lowest BCUT2D eigenvalue weighted by molar-refractivity contribution is 0.287. The molecule has 0 unspecified atom stereocenters. The molecule has 118 valence electrons. The summed E-state index contributed by atoms with van der Waals surface area (Å²) in [5, 5.41) is 0. The lowest BCUT2D eigenvalue weighted by Gasteiger charge is -2.21. The van der Waals surface area contributed by atoms with E-state index in [4.69, 9.17) is 0 Å². The summed E-state index contributed by atoms with van der Waals surface area (Å²) in [7, 11) is 0. The molecular weight excluding hydrogens is 276 g/mol. The summed E-state index contributed by atoms with van der Waals surface area (Å²) >= 11 is 0. The molecule has 6 nitrogen and oxygen atoms in total. The molecule has 0 N–H and O–H groups in total. The third-order valence-corrected chi connectivity index (χ3v) is 4.33. The van der Waals surface area contributed by atoms with Crippen LogP contribution in [0.2, 0.25) is 0 Å². The third-order valence-electron chi connectivity index (χ3n) is 4.33. The van der Waals surface area contributed by atoms with E-state index in [0.717, 1.165) is 51.6 Å². The van der Waals surface area contributed by atoms with Gasteiger partial charge in [0.1, 0.15) is 5.82 Å². The van der Waals surface area contributed by atoms with Gasteiger partial charge in [-0.25, -0.2) is 15.0 Å². The average molecular weight is 300 g/mol. The molecule has 6 heteroatoms. The molecule has 0 saturated carbocycles. The van der Waals surface area contributed by atoms with Crippen LogP contribution in [0.4, 0.5) is 5.95 Å². The van der Waals surface area contributed by atoms with Crippen molar-refractivity contribution in [2.45, 2.75) is 33.4 Å². The topological polar surface area (TPSA) is 50.1 Å². The van der Waals surface area contributed by atoms with Gasteiger partial charge in [0.2, 0.25) is 5.95 Å². The molecule has 2 aromatic heterocycles. The molecule has 0 aliphatic carbocycles. The Hall–Kier alpha value is -1.95. The van der Waals surface area contributed by atoms with Crippen LogP contribution in [-0.4, -0.2) is 50.6 Å². The predicted molar refractivity (Wildman–Crippen MR) is 86.8 cm³/mol. The largest absolute Gasteiger partial charge is 0.339 e. The van der Waals surface area contributed by atoms with Crippen LogP contribution >= 0.6 is 0 Å². The van der Waals surface area contributed by atoms with Crippen molar-refractivity contribution in [3.63, 3.8) is 0 Å². The Kier molecular flexibility index (Phi) is 4.68. The number of hydrogen-bond donors (Lipinski definition) is 0. The highest BCUT2D eigenvalue weighted by Crippen LogP contribution is 2.16. The first-order valence-electron chi connectivity index (χ1n) is 8.09. The first-order valence-corrected chi connectivity index (χ1v) is 8.09. The fourth-order valence-electron chi connectivity index (χ4n) is 2.95. The maximum Gasteiger partial charge on any atom is 0.225 e. The van der Waals surface area contributed by atoms with Gasteiger partial charge in [-0.3, -0.25) is 4.90 Å². The molecule has 0 bridgehead atoms. The van der Waals surface area contributed by atoms with Crippen molar-refractivity contribution < 1.29 is 0 Å². The van der Waals surface area contributed by atoms with E-state index < -0.39 is 0 Å². The number of nitrogens with zero attached hydrogens (tertiary/aromatic N) is 6. The molecule has 22 heavy (non-hydrogen) atoms. The Morgan fingerprint density at radius 2 is 1.82 bits per heavy atom. The Bertz CT molecular complexity index is 590. The summed E-state index contributed by atoms with van der Waals surface area (Å²) in [6, 6.07) is 1.86. The standard InChI is InChI=1S/C16H24N6/c1-3-20(4-2)13-14-12-19-15-6-9-21(10-11-22(14)15)16-17-7-5-8-18-16/h5,7-8,12H,3-4,6,9-11,13H2,1-2H3. The number of fused-ring (bicyclic) bond motifs is 1. The number of hydrogen-bond acceptors (Lipinski definition) is 5. The summed E-state index contributed by atoms with van der Waals surface area (Å²) in [4.78, 5) is 18.0. The van der Waals surface area contributed by atoms with E-state index in [-0.39, 0.29) is 0 Å². The first-order chi connectivity index (χ1) is 10.8. The zero-order valence-electron chi connectivity index (χ0n) is 13.4. The molecule has 1 aliphatic rings. The molecule has 1 aliphatic heterocycles. The van der Waals surface area contributed by atoms with E-state index in [2.05, 4.69) is 43.2 Å². The molecule has 2 aromatic rings. The van der Waals surface area contributed by atoms with Crippen LogP contribution in [-0.2, 0) is 19.5 Å². The van der Waals surface area contributed by atoms with E-state index in [1.165, 1.54) is 11.5 Å². The normalized spacial score (nSPS) is 15.0. The smallest absolute Gasteiger partial charge is 0.225 e. The van der Waals surface area contributed by atoms with Gasteiger partial charge in [0.25, 0.3) is 0 Å². The van der Waals surface area contributed by atoms with Crippen LogP contribution in [0.1, 0.15) is 25.4 Å². The quantitative estimate of drug-likeness (QED) is 0.839. The molecule has 0 atom stereocenters. The third kappa shape index (κ3) is 3.11. The number of imidazole rings is 1. The molecule has 3 rings (SSSR count). The van der Waals surface area contributed by atoms with Crippen LogP contribution in [0.5, 0.6) is 0 Å². The summed E-state index contributed by atoms with van der Waals surface area (Å²) in [6.07, 6.45) is 6.59. The van der Waals surface area contributed by atoms with Gasteiger partial charge in [0, 0.05) is 51.2 Å². The van der Waals surface area contributed by atoms with Crippen molar-refractivity contribution in [1.82, 2.24) is 24.4 Å². The van der Waals surface area contributed by atoms with E-state index in [9.17, 15) is 0 Å². The Balaban J connectivity index is 1.73. The van der Waals surface area contributed by atoms with Gasteiger partial charge in [0.05, 0.1) is 5.69 Å². The van der Waals surface area contributed by atoms with Crippen LogP contribution in [0.3, 0.4) is 0 Å². The van der Waals surface area contributed by atoms with Gasteiger partial charge in [-0.2, -0.15) is 0 Å². The Morgan fingerprint density at radius 1 is 1.05 bits per heavy atom. The van der Waals surface area contributed by atoms with E-state index >= 15 is 0 Å². The molecule has 0 saturated heterocycles. The predicted octanol–water partition coefficient (Wildman–Crippen LogP) is 1.58. The molecule has 0 fully saturated rings. The van der Waals surface area contributed by atoms with E-state index in [0.29, 0.717) is 0 Å².